The molecule has 0 aliphatic carbocycles. The van der Waals surface area contributed by atoms with Crippen molar-refractivity contribution in [2.45, 2.75) is 25.7 Å². The van der Waals surface area contributed by atoms with Gasteiger partial charge in [-0.05, 0) is 24.1 Å². The molecule has 1 heterocycles. The fourth-order valence-corrected chi connectivity index (χ4v) is 1.90. The maximum atomic E-state index is 10.4. The second-order valence-corrected chi connectivity index (χ2v) is 5.07. The molecular weight excluding hydrogens is 312 g/mol. The summed E-state index contributed by atoms with van der Waals surface area (Å²) >= 11 is 3.38. The molecule has 0 bridgehead atoms. The topological polar surface area (TPSA) is 76.2 Å². The summed E-state index contributed by atoms with van der Waals surface area (Å²) in [7, 11) is 0. The first kappa shape index (κ1) is 13.7. The molecule has 6 heteroatoms. The second kappa shape index (κ2) is 6.47. The van der Waals surface area contributed by atoms with Crippen LogP contribution in [0, 0.1) is 0 Å². The van der Waals surface area contributed by atoms with Crippen LogP contribution in [-0.2, 0) is 17.6 Å². The number of hydrogen-bond donors (Lipinski definition) is 1. The molecular formula is C13H13BrN2O3. The molecule has 100 valence electrons. The van der Waals surface area contributed by atoms with Gasteiger partial charge in [-0.25, -0.2) is 0 Å². The predicted octanol–water partition coefficient (Wildman–Crippen LogP) is 2.83. The zero-order valence-corrected chi connectivity index (χ0v) is 11.8. The van der Waals surface area contributed by atoms with Crippen LogP contribution in [0.3, 0.4) is 0 Å². The third-order valence-electron chi connectivity index (χ3n) is 2.57. The van der Waals surface area contributed by atoms with E-state index >= 15 is 0 Å². The van der Waals surface area contributed by atoms with Gasteiger partial charge in [0.2, 0.25) is 5.89 Å². The fraction of sp³-hybridized carbons (Fsp3) is 0.308. The SMILES string of the molecule is O=C(O)CCCc1nc(Cc2ccc(Br)cc2)no1. The fourth-order valence-electron chi connectivity index (χ4n) is 1.64. The highest BCUT2D eigenvalue weighted by molar-refractivity contribution is 9.10. The predicted molar refractivity (Wildman–Crippen MR) is 71.8 cm³/mol. The Balaban J connectivity index is 1.90. The molecule has 2 aromatic rings. The smallest absolute Gasteiger partial charge is 0.303 e. The Morgan fingerprint density at radius 2 is 2.05 bits per heavy atom. The largest absolute Gasteiger partial charge is 0.481 e. The molecule has 0 aliphatic rings. The number of aromatic nitrogens is 2. The van der Waals surface area contributed by atoms with Crippen molar-refractivity contribution < 1.29 is 14.4 Å². The highest BCUT2D eigenvalue weighted by atomic mass is 79.9. The molecule has 5 nitrogen and oxygen atoms in total. The first-order chi connectivity index (χ1) is 9.13. The van der Waals surface area contributed by atoms with Crippen LogP contribution in [0.5, 0.6) is 0 Å². The molecule has 2 rings (SSSR count). The molecule has 0 saturated heterocycles. The molecule has 0 atom stereocenters. The van der Waals surface area contributed by atoms with Crippen molar-refractivity contribution in [1.29, 1.82) is 0 Å². The first-order valence-electron chi connectivity index (χ1n) is 5.91. The van der Waals surface area contributed by atoms with Crippen LogP contribution in [0.15, 0.2) is 33.3 Å². The molecule has 19 heavy (non-hydrogen) atoms. The van der Waals surface area contributed by atoms with E-state index in [9.17, 15) is 4.79 Å². The Kier molecular flexibility index (Phi) is 4.68. The van der Waals surface area contributed by atoms with Gasteiger partial charge in [0.1, 0.15) is 0 Å². The van der Waals surface area contributed by atoms with Gasteiger partial charge in [-0.15, -0.1) is 0 Å². The quantitative estimate of drug-likeness (QED) is 0.884. The lowest BCUT2D eigenvalue weighted by Gasteiger charge is -1.96. The number of aliphatic carboxylic acids is 1. The third-order valence-corrected chi connectivity index (χ3v) is 3.10. The van der Waals surface area contributed by atoms with Gasteiger partial charge in [-0.3, -0.25) is 4.79 Å². The molecule has 0 radical (unpaired) electrons. The maximum Gasteiger partial charge on any atom is 0.303 e. The minimum atomic E-state index is -0.811. The molecule has 0 unspecified atom stereocenters. The van der Waals surface area contributed by atoms with Gasteiger partial charge >= 0.3 is 5.97 Å². The van der Waals surface area contributed by atoms with Crippen LogP contribution in [-0.4, -0.2) is 21.2 Å². The lowest BCUT2D eigenvalue weighted by molar-refractivity contribution is -0.137. The minimum Gasteiger partial charge on any atom is -0.481 e. The van der Waals surface area contributed by atoms with E-state index in [-0.39, 0.29) is 6.42 Å². The van der Waals surface area contributed by atoms with E-state index in [1.165, 1.54) is 0 Å². The van der Waals surface area contributed by atoms with E-state index in [4.69, 9.17) is 9.63 Å². The standard InChI is InChI=1S/C13H13BrN2O3/c14-10-6-4-9(5-7-10)8-11-15-12(19-16-11)2-1-3-13(17)18/h4-7H,1-3,8H2,(H,17,18). The van der Waals surface area contributed by atoms with Crippen molar-refractivity contribution >= 4 is 21.9 Å². The van der Waals surface area contributed by atoms with Crippen molar-refractivity contribution in [2.24, 2.45) is 0 Å². The Hall–Kier alpha value is -1.69. The number of rotatable bonds is 6. The van der Waals surface area contributed by atoms with Crippen LogP contribution in [0.2, 0.25) is 0 Å². The average Bonchev–Trinajstić information content (AvgIpc) is 2.79. The molecule has 0 saturated carbocycles. The molecule has 0 fully saturated rings. The first-order valence-corrected chi connectivity index (χ1v) is 6.70. The van der Waals surface area contributed by atoms with E-state index in [1.54, 1.807) is 0 Å². The summed E-state index contributed by atoms with van der Waals surface area (Å²) < 4.78 is 6.11. The molecule has 1 aromatic heterocycles. The van der Waals surface area contributed by atoms with Gasteiger partial charge < -0.3 is 9.63 Å². The molecule has 0 spiro atoms. The Bertz CT molecular complexity index is 551. The highest BCUT2D eigenvalue weighted by Gasteiger charge is 2.08. The van der Waals surface area contributed by atoms with Crippen molar-refractivity contribution in [3.63, 3.8) is 0 Å². The normalized spacial score (nSPS) is 10.6. The zero-order valence-electron chi connectivity index (χ0n) is 10.2. The number of carboxylic acid groups (broad SMARTS) is 1. The number of aryl methyl sites for hydroxylation is 1. The van der Waals surface area contributed by atoms with Gasteiger partial charge in [0.25, 0.3) is 0 Å². The number of carbonyl (C=O) groups is 1. The molecule has 0 aliphatic heterocycles. The monoisotopic (exact) mass is 324 g/mol. The number of benzene rings is 1. The zero-order chi connectivity index (χ0) is 13.7. The van der Waals surface area contributed by atoms with Gasteiger partial charge in [0.15, 0.2) is 5.82 Å². The van der Waals surface area contributed by atoms with Crippen LogP contribution >= 0.6 is 15.9 Å². The van der Waals surface area contributed by atoms with Gasteiger partial charge in [-0.1, -0.05) is 33.2 Å². The lowest BCUT2D eigenvalue weighted by atomic mass is 10.1. The van der Waals surface area contributed by atoms with Crippen molar-refractivity contribution in [3.05, 3.63) is 46.0 Å². The van der Waals surface area contributed by atoms with Crippen LogP contribution in [0.4, 0.5) is 0 Å². The summed E-state index contributed by atoms with van der Waals surface area (Å²) in [4.78, 5) is 14.6. The van der Waals surface area contributed by atoms with E-state index in [0.29, 0.717) is 31.0 Å². The minimum absolute atomic E-state index is 0.116. The summed E-state index contributed by atoms with van der Waals surface area (Å²) in [6.45, 7) is 0. The summed E-state index contributed by atoms with van der Waals surface area (Å²) in [5, 5.41) is 12.4. The van der Waals surface area contributed by atoms with E-state index in [1.807, 2.05) is 24.3 Å². The van der Waals surface area contributed by atoms with Crippen molar-refractivity contribution in [1.82, 2.24) is 10.1 Å². The van der Waals surface area contributed by atoms with Gasteiger partial charge in [-0.2, -0.15) is 4.98 Å². The highest BCUT2D eigenvalue weighted by Crippen LogP contribution is 2.13. The van der Waals surface area contributed by atoms with Crippen molar-refractivity contribution in [3.8, 4) is 0 Å². The number of halogens is 1. The van der Waals surface area contributed by atoms with Crippen molar-refractivity contribution in [2.75, 3.05) is 0 Å². The Morgan fingerprint density at radius 1 is 1.32 bits per heavy atom. The summed E-state index contributed by atoms with van der Waals surface area (Å²) in [5.41, 5.74) is 1.10. The van der Waals surface area contributed by atoms with Crippen LogP contribution in [0.1, 0.15) is 30.1 Å². The van der Waals surface area contributed by atoms with Crippen LogP contribution in [0.25, 0.3) is 0 Å². The van der Waals surface area contributed by atoms with Gasteiger partial charge in [0.05, 0.1) is 0 Å². The number of carboxylic acids is 1. The molecule has 0 amide bonds. The Labute approximate surface area is 118 Å². The third kappa shape index (κ3) is 4.48. The van der Waals surface area contributed by atoms with E-state index in [0.717, 1.165) is 10.0 Å². The number of nitrogens with zero attached hydrogens (tertiary/aromatic N) is 2. The summed E-state index contributed by atoms with van der Waals surface area (Å²) in [5.74, 6) is 0.301. The van der Waals surface area contributed by atoms with Crippen LogP contribution < -0.4 is 0 Å². The number of hydrogen-bond acceptors (Lipinski definition) is 4. The average molecular weight is 325 g/mol. The maximum absolute atomic E-state index is 10.4. The molecule has 1 aromatic carbocycles. The second-order valence-electron chi connectivity index (χ2n) is 4.15. The van der Waals surface area contributed by atoms with E-state index < -0.39 is 5.97 Å². The summed E-state index contributed by atoms with van der Waals surface area (Å²) in [6.07, 6.45) is 1.73. The van der Waals surface area contributed by atoms with E-state index in [2.05, 4.69) is 26.1 Å². The molecule has 1 N–H and O–H groups in total. The lowest BCUT2D eigenvalue weighted by Crippen LogP contribution is -1.96. The summed E-state index contributed by atoms with van der Waals surface area (Å²) in [6, 6.07) is 7.90. The van der Waals surface area contributed by atoms with Gasteiger partial charge in [0, 0.05) is 23.7 Å². The Morgan fingerprint density at radius 3 is 2.74 bits per heavy atom.